The van der Waals surface area contributed by atoms with Crippen molar-refractivity contribution in [2.75, 3.05) is 0 Å². The van der Waals surface area contributed by atoms with Crippen molar-refractivity contribution < 1.29 is 13.9 Å². The second kappa shape index (κ2) is 7.79. The van der Waals surface area contributed by atoms with Gasteiger partial charge in [-0.15, -0.1) is 0 Å². The van der Waals surface area contributed by atoms with Gasteiger partial charge in [0.2, 0.25) is 0 Å². The van der Waals surface area contributed by atoms with Crippen LogP contribution < -0.4 is 10.1 Å². The number of hydrogen-bond acceptors (Lipinski definition) is 2. The van der Waals surface area contributed by atoms with Gasteiger partial charge >= 0.3 is 0 Å². The topological polar surface area (TPSA) is 38.3 Å². The molecule has 1 aliphatic rings. The van der Waals surface area contributed by atoms with E-state index in [9.17, 15) is 9.18 Å². The van der Waals surface area contributed by atoms with Crippen molar-refractivity contribution >= 4 is 28.5 Å². The highest BCUT2D eigenvalue weighted by atomic mass is 127. The van der Waals surface area contributed by atoms with Crippen LogP contribution in [0.1, 0.15) is 28.8 Å². The number of hydrogen-bond donors (Lipinski definition) is 1. The molecular weight excluding hydrogens is 420 g/mol. The van der Waals surface area contributed by atoms with Gasteiger partial charge in [0.1, 0.15) is 18.2 Å². The Kier molecular flexibility index (Phi) is 5.50. The van der Waals surface area contributed by atoms with E-state index in [-0.39, 0.29) is 11.6 Å². The monoisotopic (exact) mass is 437 g/mol. The molecule has 0 aliphatic heterocycles. The molecular formula is C19H17FINO2. The number of ether oxygens (including phenoxy) is 1. The second-order valence-electron chi connectivity index (χ2n) is 5.62. The van der Waals surface area contributed by atoms with E-state index in [1.807, 2.05) is 65.1 Å². The molecule has 1 amide bonds. The Labute approximate surface area is 154 Å². The van der Waals surface area contributed by atoms with Gasteiger partial charge in [0, 0.05) is 6.04 Å². The Morgan fingerprint density at radius 1 is 1.17 bits per heavy atom. The lowest BCUT2D eigenvalue weighted by molar-refractivity contribution is 0.0933. The number of benzene rings is 2. The molecule has 0 atom stereocenters. The molecule has 0 bridgehead atoms. The minimum absolute atomic E-state index is 0.0431. The van der Waals surface area contributed by atoms with Gasteiger partial charge in [0.25, 0.3) is 5.91 Å². The predicted molar refractivity (Wildman–Crippen MR) is 99.5 cm³/mol. The first-order valence-corrected chi connectivity index (χ1v) is 8.83. The fourth-order valence-electron chi connectivity index (χ4n) is 2.58. The number of halogens is 2. The lowest BCUT2D eigenvalue weighted by Gasteiger charge is -2.15. The van der Waals surface area contributed by atoms with Crippen LogP contribution in [-0.4, -0.2) is 11.9 Å². The molecule has 3 rings (SSSR count). The molecule has 0 spiro atoms. The molecule has 24 heavy (non-hydrogen) atoms. The summed E-state index contributed by atoms with van der Waals surface area (Å²) < 4.78 is 20.4. The fourth-order valence-corrected chi connectivity index (χ4v) is 3.42. The number of carbonyl (C=O) groups excluding carboxylic acids is 1. The smallest absolute Gasteiger partial charge is 0.255 e. The van der Waals surface area contributed by atoms with E-state index >= 15 is 0 Å². The SMILES string of the molecule is O=C(NC1CC=CC1)c1c(F)ccc(OCc2ccccc2)c1I. The van der Waals surface area contributed by atoms with Gasteiger partial charge in [-0.1, -0.05) is 42.5 Å². The summed E-state index contributed by atoms with van der Waals surface area (Å²) in [6.45, 7) is 0.371. The lowest BCUT2D eigenvalue weighted by atomic mass is 10.1. The number of carbonyl (C=O) groups is 1. The van der Waals surface area contributed by atoms with E-state index in [2.05, 4.69) is 5.32 Å². The molecule has 0 fully saturated rings. The van der Waals surface area contributed by atoms with Gasteiger partial charge < -0.3 is 10.1 Å². The van der Waals surface area contributed by atoms with Crippen molar-refractivity contribution in [3.05, 3.63) is 75.1 Å². The molecule has 1 aliphatic carbocycles. The van der Waals surface area contributed by atoms with Gasteiger partial charge in [0.15, 0.2) is 0 Å². The van der Waals surface area contributed by atoms with Crippen LogP contribution in [0.4, 0.5) is 4.39 Å². The van der Waals surface area contributed by atoms with Crippen molar-refractivity contribution in [3.63, 3.8) is 0 Å². The molecule has 0 heterocycles. The van der Waals surface area contributed by atoms with E-state index < -0.39 is 11.7 Å². The van der Waals surface area contributed by atoms with Crippen LogP contribution in [0.5, 0.6) is 5.75 Å². The maximum Gasteiger partial charge on any atom is 0.255 e. The number of nitrogens with one attached hydrogen (secondary N) is 1. The van der Waals surface area contributed by atoms with Gasteiger partial charge in [-0.3, -0.25) is 4.79 Å². The fraction of sp³-hybridized carbons (Fsp3) is 0.211. The molecule has 0 saturated carbocycles. The van der Waals surface area contributed by atoms with Crippen LogP contribution >= 0.6 is 22.6 Å². The van der Waals surface area contributed by atoms with E-state index in [1.54, 1.807) is 6.07 Å². The number of rotatable bonds is 5. The Morgan fingerprint density at radius 2 is 1.88 bits per heavy atom. The van der Waals surface area contributed by atoms with E-state index in [0.717, 1.165) is 18.4 Å². The summed E-state index contributed by atoms with van der Waals surface area (Å²) in [6, 6.07) is 12.6. The van der Waals surface area contributed by atoms with Gasteiger partial charge in [0.05, 0.1) is 9.13 Å². The van der Waals surface area contributed by atoms with Gasteiger partial charge in [-0.05, 0) is 53.1 Å². The molecule has 3 nitrogen and oxygen atoms in total. The molecule has 124 valence electrons. The van der Waals surface area contributed by atoms with Gasteiger partial charge in [-0.25, -0.2) is 4.39 Å². The molecule has 0 saturated heterocycles. The minimum atomic E-state index is -0.532. The summed E-state index contributed by atoms with van der Waals surface area (Å²) in [6.07, 6.45) is 5.61. The molecule has 5 heteroatoms. The van der Waals surface area contributed by atoms with Crippen LogP contribution in [0.15, 0.2) is 54.6 Å². The first-order chi connectivity index (χ1) is 11.6. The minimum Gasteiger partial charge on any atom is -0.488 e. The molecule has 1 N–H and O–H groups in total. The maximum atomic E-state index is 14.2. The summed E-state index contributed by atoms with van der Waals surface area (Å²) in [5.74, 6) is -0.416. The van der Waals surface area contributed by atoms with Crippen molar-refractivity contribution in [3.8, 4) is 5.75 Å². The molecule has 2 aromatic rings. The first-order valence-electron chi connectivity index (χ1n) is 7.75. The summed E-state index contributed by atoms with van der Waals surface area (Å²) in [5, 5.41) is 2.88. The van der Waals surface area contributed by atoms with E-state index in [1.165, 1.54) is 6.07 Å². The first kappa shape index (κ1) is 17.0. The Balaban J connectivity index is 1.75. The van der Waals surface area contributed by atoms with Crippen LogP contribution in [0.25, 0.3) is 0 Å². The Morgan fingerprint density at radius 3 is 2.58 bits per heavy atom. The van der Waals surface area contributed by atoms with Crippen molar-refractivity contribution in [2.45, 2.75) is 25.5 Å². The summed E-state index contributed by atoms with van der Waals surface area (Å²) in [5.41, 5.74) is 1.06. The third-order valence-corrected chi connectivity index (χ3v) is 4.93. The highest BCUT2D eigenvalue weighted by Crippen LogP contribution is 2.28. The largest absolute Gasteiger partial charge is 0.488 e. The van der Waals surface area contributed by atoms with Crippen molar-refractivity contribution in [1.82, 2.24) is 5.32 Å². The molecule has 0 radical (unpaired) electrons. The molecule has 0 unspecified atom stereocenters. The zero-order valence-corrected chi connectivity index (χ0v) is 15.1. The summed E-state index contributed by atoms with van der Waals surface area (Å²) >= 11 is 1.97. The average molecular weight is 437 g/mol. The zero-order valence-electron chi connectivity index (χ0n) is 13.0. The third kappa shape index (κ3) is 3.95. The number of amides is 1. The summed E-state index contributed by atoms with van der Waals surface area (Å²) in [7, 11) is 0. The molecule has 2 aromatic carbocycles. The van der Waals surface area contributed by atoms with Crippen molar-refractivity contribution in [2.24, 2.45) is 0 Å². The van der Waals surface area contributed by atoms with Crippen molar-refractivity contribution in [1.29, 1.82) is 0 Å². The Hall–Kier alpha value is -1.89. The van der Waals surface area contributed by atoms with E-state index in [0.29, 0.717) is 15.9 Å². The van der Waals surface area contributed by atoms with E-state index in [4.69, 9.17) is 4.74 Å². The zero-order chi connectivity index (χ0) is 16.9. The van der Waals surface area contributed by atoms with Crippen LogP contribution in [0.2, 0.25) is 0 Å². The predicted octanol–water partition coefficient (Wildman–Crippen LogP) is 4.46. The van der Waals surface area contributed by atoms with Crippen LogP contribution in [0.3, 0.4) is 0 Å². The third-order valence-electron chi connectivity index (χ3n) is 3.86. The Bertz CT molecular complexity index is 753. The normalized spacial score (nSPS) is 13.9. The maximum absolute atomic E-state index is 14.2. The highest BCUT2D eigenvalue weighted by molar-refractivity contribution is 14.1. The summed E-state index contributed by atoms with van der Waals surface area (Å²) in [4.78, 5) is 12.4. The van der Waals surface area contributed by atoms with Gasteiger partial charge in [-0.2, -0.15) is 0 Å². The molecule has 0 aromatic heterocycles. The lowest BCUT2D eigenvalue weighted by Crippen LogP contribution is -2.34. The highest BCUT2D eigenvalue weighted by Gasteiger charge is 2.22. The standard InChI is InChI=1S/C19H17FINO2/c20-15-10-11-16(24-12-13-6-2-1-3-7-13)18(21)17(15)19(23)22-14-8-4-5-9-14/h1-7,10-11,14H,8-9,12H2,(H,22,23). The second-order valence-corrected chi connectivity index (χ2v) is 6.70. The van der Waals surface area contributed by atoms with Crippen LogP contribution in [0, 0.1) is 9.39 Å². The van der Waals surface area contributed by atoms with Crippen LogP contribution in [-0.2, 0) is 6.61 Å². The average Bonchev–Trinajstić information content (AvgIpc) is 3.08. The quantitative estimate of drug-likeness (QED) is 0.555.